The van der Waals surface area contributed by atoms with Gasteiger partial charge in [0.25, 0.3) is 5.56 Å². The largest absolute Gasteiger partial charge is 0.325 e. The minimum absolute atomic E-state index is 0.0713. The van der Waals surface area contributed by atoms with Crippen LogP contribution in [0, 0.1) is 25.2 Å². The molecule has 0 saturated heterocycles. The molecule has 1 aromatic heterocycles. The number of rotatable bonds is 3. The van der Waals surface area contributed by atoms with E-state index in [0.29, 0.717) is 16.9 Å². The molecule has 5 nitrogen and oxygen atoms in total. The average Bonchev–Trinajstić information content (AvgIpc) is 2.46. The summed E-state index contributed by atoms with van der Waals surface area (Å²) in [5, 5.41) is 11.8. The summed E-state index contributed by atoms with van der Waals surface area (Å²) in [5.74, 6) is -0.319. The third-order valence-corrected chi connectivity index (χ3v) is 3.77. The van der Waals surface area contributed by atoms with Gasteiger partial charge in [0.05, 0.1) is 0 Å². The van der Waals surface area contributed by atoms with E-state index >= 15 is 0 Å². The van der Waals surface area contributed by atoms with Crippen LogP contribution in [0.1, 0.15) is 16.8 Å². The van der Waals surface area contributed by atoms with E-state index in [1.54, 1.807) is 32.0 Å². The van der Waals surface area contributed by atoms with E-state index in [-0.39, 0.29) is 18.0 Å². The van der Waals surface area contributed by atoms with Crippen molar-refractivity contribution in [3.05, 3.63) is 62.0 Å². The first kappa shape index (κ1) is 16.0. The number of amides is 1. The third kappa shape index (κ3) is 3.43. The second kappa shape index (κ2) is 6.58. The number of aromatic nitrogens is 1. The summed E-state index contributed by atoms with van der Waals surface area (Å²) in [4.78, 5) is 24.3. The Balaban J connectivity index is 2.24. The maximum absolute atomic E-state index is 12.2. The molecule has 0 aliphatic heterocycles. The van der Waals surface area contributed by atoms with Crippen molar-refractivity contribution >= 4 is 27.5 Å². The van der Waals surface area contributed by atoms with Gasteiger partial charge in [0.2, 0.25) is 5.91 Å². The predicted molar refractivity (Wildman–Crippen MR) is 87.7 cm³/mol. The zero-order chi connectivity index (χ0) is 16.3. The number of hydrogen-bond donors (Lipinski definition) is 1. The van der Waals surface area contributed by atoms with Crippen LogP contribution in [-0.4, -0.2) is 10.5 Å². The zero-order valence-electron chi connectivity index (χ0n) is 12.2. The molecule has 0 bridgehead atoms. The second-order valence-electron chi connectivity index (χ2n) is 4.90. The van der Waals surface area contributed by atoms with Crippen LogP contribution < -0.4 is 10.9 Å². The zero-order valence-corrected chi connectivity index (χ0v) is 13.8. The quantitative estimate of drug-likeness (QED) is 0.915. The Kier molecular flexibility index (Phi) is 4.78. The van der Waals surface area contributed by atoms with Gasteiger partial charge in [-0.15, -0.1) is 0 Å². The summed E-state index contributed by atoms with van der Waals surface area (Å²) in [6, 6.07) is 10.8. The Morgan fingerprint density at radius 2 is 1.95 bits per heavy atom. The van der Waals surface area contributed by atoms with E-state index in [2.05, 4.69) is 21.2 Å². The van der Waals surface area contributed by atoms with Crippen molar-refractivity contribution in [1.29, 1.82) is 5.26 Å². The van der Waals surface area contributed by atoms with E-state index in [9.17, 15) is 9.59 Å². The molecule has 0 spiro atoms. The average molecular weight is 360 g/mol. The molecule has 22 heavy (non-hydrogen) atoms. The standard InChI is InChI=1S/C16H14BrN3O2/c1-10-7-11(2)20(16(22)14(10)8-18)9-15(21)19-13-5-3-12(17)4-6-13/h3-7H,9H2,1-2H3,(H,19,21). The normalized spacial score (nSPS) is 10.1. The van der Waals surface area contributed by atoms with Crippen molar-refractivity contribution < 1.29 is 4.79 Å². The summed E-state index contributed by atoms with van der Waals surface area (Å²) < 4.78 is 2.22. The first-order valence-electron chi connectivity index (χ1n) is 6.59. The summed E-state index contributed by atoms with van der Waals surface area (Å²) >= 11 is 3.32. The van der Waals surface area contributed by atoms with E-state index < -0.39 is 5.56 Å². The van der Waals surface area contributed by atoms with Crippen molar-refractivity contribution in [2.24, 2.45) is 0 Å². The fourth-order valence-corrected chi connectivity index (χ4v) is 2.40. The van der Waals surface area contributed by atoms with Crippen LogP contribution in [0.4, 0.5) is 5.69 Å². The Bertz CT molecular complexity index is 817. The lowest BCUT2D eigenvalue weighted by Gasteiger charge is -2.12. The summed E-state index contributed by atoms with van der Waals surface area (Å²) in [7, 11) is 0. The van der Waals surface area contributed by atoms with E-state index in [1.807, 2.05) is 18.2 Å². The van der Waals surface area contributed by atoms with Gasteiger partial charge in [-0.25, -0.2) is 0 Å². The molecule has 0 saturated carbocycles. The molecule has 0 radical (unpaired) electrons. The Morgan fingerprint density at radius 3 is 2.55 bits per heavy atom. The van der Waals surface area contributed by atoms with Crippen molar-refractivity contribution in [1.82, 2.24) is 4.57 Å². The van der Waals surface area contributed by atoms with Crippen LogP contribution in [0.2, 0.25) is 0 Å². The number of hydrogen-bond acceptors (Lipinski definition) is 3. The number of carbonyl (C=O) groups is 1. The van der Waals surface area contributed by atoms with Crippen molar-refractivity contribution in [3.8, 4) is 6.07 Å². The molecule has 1 aromatic carbocycles. The maximum Gasteiger partial charge on any atom is 0.269 e. The number of pyridine rings is 1. The molecule has 0 unspecified atom stereocenters. The Labute approximate surface area is 136 Å². The maximum atomic E-state index is 12.2. The summed E-state index contributed by atoms with van der Waals surface area (Å²) in [6.45, 7) is 3.32. The van der Waals surface area contributed by atoms with Gasteiger partial charge in [-0.1, -0.05) is 15.9 Å². The molecule has 0 atom stereocenters. The number of halogens is 1. The molecule has 0 aliphatic rings. The van der Waals surface area contributed by atoms with Gasteiger partial charge in [-0.2, -0.15) is 5.26 Å². The lowest BCUT2D eigenvalue weighted by atomic mass is 10.1. The Morgan fingerprint density at radius 1 is 1.32 bits per heavy atom. The number of anilines is 1. The van der Waals surface area contributed by atoms with Crippen LogP contribution in [0.15, 0.2) is 39.6 Å². The molecule has 2 rings (SSSR count). The summed E-state index contributed by atoms with van der Waals surface area (Å²) in [6.07, 6.45) is 0. The second-order valence-corrected chi connectivity index (χ2v) is 5.82. The molecule has 6 heteroatoms. The molecule has 1 N–H and O–H groups in total. The Hall–Kier alpha value is -2.39. The van der Waals surface area contributed by atoms with Crippen LogP contribution >= 0.6 is 15.9 Å². The highest BCUT2D eigenvalue weighted by molar-refractivity contribution is 9.10. The SMILES string of the molecule is Cc1cc(C)n(CC(=O)Nc2ccc(Br)cc2)c(=O)c1C#N. The van der Waals surface area contributed by atoms with Gasteiger partial charge in [0.1, 0.15) is 18.2 Å². The minimum atomic E-state index is -0.439. The van der Waals surface area contributed by atoms with E-state index in [0.717, 1.165) is 4.47 Å². The monoisotopic (exact) mass is 359 g/mol. The minimum Gasteiger partial charge on any atom is -0.325 e. The highest BCUT2D eigenvalue weighted by Crippen LogP contribution is 2.14. The third-order valence-electron chi connectivity index (χ3n) is 3.25. The predicted octanol–water partition coefficient (Wildman–Crippen LogP) is 2.74. The molecular weight excluding hydrogens is 346 g/mol. The first-order chi connectivity index (χ1) is 10.4. The topological polar surface area (TPSA) is 74.9 Å². The van der Waals surface area contributed by atoms with Crippen molar-refractivity contribution in [3.63, 3.8) is 0 Å². The van der Waals surface area contributed by atoms with Crippen molar-refractivity contribution in [2.75, 3.05) is 5.32 Å². The number of nitrogens with zero attached hydrogens (tertiary/aromatic N) is 2. The molecule has 1 heterocycles. The molecule has 0 aliphatic carbocycles. The van der Waals surface area contributed by atoms with Crippen LogP contribution in [0.3, 0.4) is 0 Å². The van der Waals surface area contributed by atoms with E-state index in [1.165, 1.54) is 4.57 Å². The van der Waals surface area contributed by atoms with Gasteiger partial charge in [-0.3, -0.25) is 9.59 Å². The van der Waals surface area contributed by atoms with Crippen molar-refractivity contribution in [2.45, 2.75) is 20.4 Å². The highest BCUT2D eigenvalue weighted by atomic mass is 79.9. The van der Waals surface area contributed by atoms with E-state index in [4.69, 9.17) is 5.26 Å². The van der Waals surface area contributed by atoms with Gasteiger partial charge in [-0.05, 0) is 49.7 Å². The lowest BCUT2D eigenvalue weighted by Crippen LogP contribution is -2.31. The van der Waals surface area contributed by atoms with Gasteiger partial charge in [0, 0.05) is 15.9 Å². The number of benzene rings is 1. The fourth-order valence-electron chi connectivity index (χ4n) is 2.14. The summed E-state index contributed by atoms with van der Waals surface area (Å²) in [5.41, 5.74) is 1.54. The number of nitriles is 1. The molecule has 1 amide bonds. The molecular formula is C16H14BrN3O2. The van der Waals surface area contributed by atoms with Crippen LogP contribution in [-0.2, 0) is 11.3 Å². The van der Waals surface area contributed by atoms with Gasteiger partial charge >= 0.3 is 0 Å². The van der Waals surface area contributed by atoms with Crippen LogP contribution in [0.25, 0.3) is 0 Å². The van der Waals surface area contributed by atoms with Gasteiger partial charge < -0.3 is 9.88 Å². The molecule has 2 aromatic rings. The molecule has 0 fully saturated rings. The number of nitrogens with one attached hydrogen (secondary N) is 1. The van der Waals surface area contributed by atoms with Crippen LogP contribution in [0.5, 0.6) is 0 Å². The first-order valence-corrected chi connectivity index (χ1v) is 7.38. The fraction of sp³-hybridized carbons (Fsp3) is 0.188. The smallest absolute Gasteiger partial charge is 0.269 e. The highest BCUT2D eigenvalue weighted by Gasteiger charge is 2.13. The number of aryl methyl sites for hydroxylation is 2. The molecule has 112 valence electrons. The number of carbonyl (C=O) groups excluding carboxylic acids is 1. The lowest BCUT2D eigenvalue weighted by molar-refractivity contribution is -0.116. The van der Waals surface area contributed by atoms with Gasteiger partial charge in [0.15, 0.2) is 0 Å².